The van der Waals surface area contributed by atoms with Crippen molar-refractivity contribution in [1.29, 1.82) is 0 Å². The van der Waals surface area contributed by atoms with Crippen LogP contribution in [0.2, 0.25) is 5.02 Å². The minimum absolute atomic E-state index is 0.0670. The number of alkyl halides is 6. The molecule has 152 valence electrons. The summed E-state index contributed by atoms with van der Waals surface area (Å²) in [6.07, 6.45) is -6.32. The van der Waals surface area contributed by atoms with Gasteiger partial charge in [0, 0.05) is 18.9 Å². The molecule has 0 aliphatic heterocycles. The molecule has 2 heterocycles. The lowest BCUT2D eigenvalue weighted by atomic mass is 10.1. The third kappa shape index (κ3) is 4.76. The fourth-order valence-electron chi connectivity index (χ4n) is 2.55. The topological polar surface area (TPSA) is 47.8 Å². The van der Waals surface area contributed by atoms with E-state index in [2.05, 4.69) is 9.97 Å². The van der Waals surface area contributed by atoms with E-state index in [4.69, 9.17) is 11.6 Å². The summed E-state index contributed by atoms with van der Waals surface area (Å²) in [6.45, 7) is -0.0670. The summed E-state index contributed by atoms with van der Waals surface area (Å²) in [5, 5.41) is -0.407. The van der Waals surface area contributed by atoms with Crippen LogP contribution in [0.5, 0.6) is 0 Å². The highest BCUT2D eigenvalue weighted by Crippen LogP contribution is 2.33. The summed E-state index contributed by atoms with van der Waals surface area (Å²) in [5.41, 5.74) is -2.83. The zero-order chi connectivity index (χ0) is 21.4. The Labute approximate surface area is 164 Å². The monoisotopic (exact) mass is 433 g/mol. The van der Waals surface area contributed by atoms with Gasteiger partial charge in [0.05, 0.1) is 33.7 Å². The maximum absolute atomic E-state index is 12.8. The molecule has 0 aliphatic rings. The van der Waals surface area contributed by atoms with Gasteiger partial charge in [-0.05, 0) is 23.8 Å². The third-order valence-corrected chi connectivity index (χ3v) is 4.18. The number of aromatic nitrogens is 3. The molecule has 0 amide bonds. The Morgan fingerprint density at radius 2 is 1.66 bits per heavy atom. The van der Waals surface area contributed by atoms with Gasteiger partial charge in [0.2, 0.25) is 0 Å². The van der Waals surface area contributed by atoms with E-state index in [0.717, 1.165) is 18.5 Å². The minimum atomic E-state index is -4.66. The van der Waals surface area contributed by atoms with Crippen LogP contribution in [0.3, 0.4) is 0 Å². The first-order chi connectivity index (χ1) is 13.4. The second-order valence-electron chi connectivity index (χ2n) is 6.02. The van der Waals surface area contributed by atoms with Crippen LogP contribution >= 0.6 is 11.6 Å². The zero-order valence-electron chi connectivity index (χ0n) is 14.2. The molecule has 2 aromatic heterocycles. The van der Waals surface area contributed by atoms with E-state index in [1.165, 1.54) is 22.9 Å². The van der Waals surface area contributed by atoms with Crippen molar-refractivity contribution in [1.82, 2.24) is 14.5 Å². The first kappa shape index (κ1) is 20.8. The van der Waals surface area contributed by atoms with Gasteiger partial charge in [-0.1, -0.05) is 23.7 Å². The van der Waals surface area contributed by atoms with E-state index in [-0.39, 0.29) is 23.4 Å². The Bertz CT molecular complexity index is 1110. The smallest absolute Gasteiger partial charge is 0.334 e. The van der Waals surface area contributed by atoms with Crippen LogP contribution in [0.15, 0.2) is 53.8 Å². The van der Waals surface area contributed by atoms with E-state index in [1.807, 2.05) is 0 Å². The number of halogens is 7. The first-order valence-electron chi connectivity index (χ1n) is 7.90. The molecule has 0 N–H and O–H groups in total. The van der Waals surface area contributed by atoms with Crippen LogP contribution in [0.1, 0.15) is 16.7 Å². The fourth-order valence-corrected chi connectivity index (χ4v) is 2.82. The summed E-state index contributed by atoms with van der Waals surface area (Å²) < 4.78 is 78.1. The standard InChI is InChI=1S/C18H10ClF6N3O/c19-14-5-12(18(23,24)25)6-26-15(14)13-8-28(9-27-16(13)29)7-10-2-1-3-11(4-10)17(20,21)22/h1-6,8-9H,7H2. The molecule has 11 heteroatoms. The molecule has 0 bridgehead atoms. The molecular formula is C18H10ClF6N3O. The lowest BCUT2D eigenvalue weighted by Crippen LogP contribution is -2.15. The highest BCUT2D eigenvalue weighted by atomic mass is 35.5. The van der Waals surface area contributed by atoms with Gasteiger partial charge in [-0.15, -0.1) is 0 Å². The quantitative estimate of drug-likeness (QED) is 0.543. The van der Waals surface area contributed by atoms with Crippen LogP contribution in [0.4, 0.5) is 26.3 Å². The molecule has 29 heavy (non-hydrogen) atoms. The highest BCUT2D eigenvalue weighted by Gasteiger charge is 2.32. The molecule has 0 spiro atoms. The predicted octanol–water partition coefficient (Wildman–Crippen LogP) is 5.04. The first-order valence-corrected chi connectivity index (χ1v) is 8.28. The summed E-state index contributed by atoms with van der Waals surface area (Å²) >= 11 is 5.86. The number of hydrogen-bond acceptors (Lipinski definition) is 3. The normalized spacial score (nSPS) is 12.2. The summed E-state index contributed by atoms with van der Waals surface area (Å²) in [6, 6.07) is 5.19. The van der Waals surface area contributed by atoms with Crippen molar-refractivity contribution in [3.63, 3.8) is 0 Å². The van der Waals surface area contributed by atoms with Gasteiger partial charge in [0.15, 0.2) is 0 Å². The molecule has 0 radical (unpaired) electrons. The number of benzene rings is 1. The van der Waals surface area contributed by atoms with Crippen molar-refractivity contribution in [2.45, 2.75) is 18.9 Å². The number of hydrogen-bond donors (Lipinski definition) is 0. The highest BCUT2D eigenvalue weighted by molar-refractivity contribution is 6.33. The van der Waals surface area contributed by atoms with Crippen molar-refractivity contribution in [2.75, 3.05) is 0 Å². The average molecular weight is 434 g/mol. The van der Waals surface area contributed by atoms with E-state index in [0.29, 0.717) is 12.3 Å². The van der Waals surface area contributed by atoms with Crippen molar-refractivity contribution in [3.05, 3.63) is 81.1 Å². The number of nitrogens with zero attached hydrogens (tertiary/aromatic N) is 3. The minimum Gasteiger partial charge on any atom is -0.334 e. The summed E-state index contributed by atoms with van der Waals surface area (Å²) in [4.78, 5) is 19.3. The molecule has 0 unspecified atom stereocenters. The lowest BCUT2D eigenvalue weighted by molar-refractivity contribution is -0.138. The zero-order valence-corrected chi connectivity index (χ0v) is 15.0. The molecule has 0 fully saturated rings. The number of rotatable bonds is 3. The summed E-state index contributed by atoms with van der Waals surface area (Å²) in [5.74, 6) is 0. The van der Waals surface area contributed by atoms with Crippen molar-refractivity contribution < 1.29 is 26.3 Å². The second kappa shape index (κ2) is 7.51. The van der Waals surface area contributed by atoms with Gasteiger partial charge < -0.3 is 4.57 Å². The average Bonchev–Trinajstić information content (AvgIpc) is 2.62. The van der Waals surface area contributed by atoms with E-state index >= 15 is 0 Å². The summed E-state index contributed by atoms with van der Waals surface area (Å²) in [7, 11) is 0. The van der Waals surface area contributed by atoms with E-state index in [9.17, 15) is 31.1 Å². The lowest BCUT2D eigenvalue weighted by Gasteiger charge is -2.12. The van der Waals surface area contributed by atoms with E-state index in [1.54, 1.807) is 0 Å². The fraction of sp³-hybridized carbons (Fsp3) is 0.167. The van der Waals surface area contributed by atoms with Crippen LogP contribution in [0, 0.1) is 0 Å². The SMILES string of the molecule is O=c1ncn(Cc2cccc(C(F)(F)F)c2)cc1-c1ncc(C(F)(F)F)cc1Cl. The third-order valence-electron chi connectivity index (χ3n) is 3.89. The van der Waals surface area contributed by atoms with Gasteiger partial charge >= 0.3 is 12.4 Å². The molecular weight excluding hydrogens is 424 g/mol. The van der Waals surface area contributed by atoms with E-state index < -0.39 is 34.1 Å². The molecule has 3 aromatic rings. The van der Waals surface area contributed by atoms with Crippen molar-refractivity contribution in [2.24, 2.45) is 0 Å². The van der Waals surface area contributed by atoms with Crippen LogP contribution in [-0.2, 0) is 18.9 Å². The largest absolute Gasteiger partial charge is 0.417 e. The molecule has 0 saturated heterocycles. The Hall–Kier alpha value is -2.88. The van der Waals surface area contributed by atoms with Gasteiger partial charge in [-0.25, -0.2) is 0 Å². The predicted molar refractivity (Wildman–Crippen MR) is 92.3 cm³/mol. The Kier molecular flexibility index (Phi) is 5.40. The second-order valence-corrected chi connectivity index (χ2v) is 6.42. The maximum atomic E-state index is 12.8. The Morgan fingerprint density at radius 1 is 0.966 bits per heavy atom. The van der Waals surface area contributed by atoms with Gasteiger partial charge in [0.25, 0.3) is 5.56 Å². The van der Waals surface area contributed by atoms with Crippen molar-refractivity contribution >= 4 is 11.6 Å². The molecule has 3 rings (SSSR count). The number of pyridine rings is 1. The van der Waals surface area contributed by atoms with Crippen LogP contribution in [-0.4, -0.2) is 14.5 Å². The molecule has 0 atom stereocenters. The molecule has 1 aromatic carbocycles. The molecule has 0 saturated carbocycles. The van der Waals surface area contributed by atoms with Gasteiger partial charge in [-0.2, -0.15) is 31.3 Å². The molecule has 4 nitrogen and oxygen atoms in total. The van der Waals surface area contributed by atoms with Crippen LogP contribution in [0.25, 0.3) is 11.3 Å². The Morgan fingerprint density at radius 3 is 2.28 bits per heavy atom. The maximum Gasteiger partial charge on any atom is 0.417 e. The van der Waals surface area contributed by atoms with Crippen LogP contribution < -0.4 is 5.56 Å². The van der Waals surface area contributed by atoms with Gasteiger partial charge in [0.1, 0.15) is 0 Å². The Balaban J connectivity index is 1.97. The van der Waals surface area contributed by atoms with Gasteiger partial charge in [-0.3, -0.25) is 9.78 Å². The molecule has 0 aliphatic carbocycles. The van der Waals surface area contributed by atoms with Crippen molar-refractivity contribution in [3.8, 4) is 11.3 Å².